The molecule has 1 aliphatic rings. The predicted molar refractivity (Wildman–Crippen MR) is 64.0 cm³/mol. The molecule has 0 amide bonds. The minimum atomic E-state index is -4.10. The van der Waals surface area contributed by atoms with Crippen molar-refractivity contribution in [1.29, 1.82) is 0 Å². The molecule has 0 bridgehead atoms. The van der Waals surface area contributed by atoms with Crippen LogP contribution in [0.1, 0.15) is 40.5 Å². The van der Waals surface area contributed by atoms with E-state index >= 15 is 0 Å². The van der Waals surface area contributed by atoms with Gasteiger partial charge in [-0.25, -0.2) is 13.2 Å². The normalized spacial score (nSPS) is 27.1. The minimum Gasteiger partial charge on any atom is -0.464 e. The second-order valence-electron chi connectivity index (χ2n) is 5.33. The van der Waals surface area contributed by atoms with E-state index in [-0.39, 0.29) is 6.61 Å². The molecule has 0 aromatic heterocycles. The van der Waals surface area contributed by atoms with Crippen molar-refractivity contribution in [1.82, 2.24) is 0 Å². The molecule has 1 heterocycles. The van der Waals surface area contributed by atoms with E-state index in [0.29, 0.717) is 0 Å². The Morgan fingerprint density at radius 3 is 2.39 bits per heavy atom. The third-order valence-electron chi connectivity index (χ3n) is 2.55. The lowest BCUT2D eigenvalue weighted by atomic mass is 9.86. The van der Waals surface area contributed by atoms with Gasteiger partial charge in [0.25, 0.3) is 0 Å². The summed E-state index contributed by atoms with van der Waals surface area (Å²) < 4.78 is 37.0. The third kappa shape index (κ3) is 3.93. The molecule has 0 aliphatic carbocycles. The maximum Gasteiger partial charge on any atom is 0.401 e. The van der Waals surface area contributed by atoms with Crippen LogP contribution >= 0.6 is 0 Å². The molecule has 1 rings (SSSR count). The lowest BCUT2D eigenvalue weighted by Crippen LogP contribution is -2.41. The SMILES string of the molecule is CCCCOC(=O)[C@H]1OS(=O)(=O)O[C@@H]1C(C)(C)C. The first kappa shape index (κ1) is 15.4. The molecule has 2 atom stereocenters. The van der Waals surface area contributed by atoms with Gasteiger partial charge in [-0.3, -0.25) is 0 Å². The molecule has 1 aliphatic heterocycles. The van der Waals surface area contributed by atoms with Gasteiger partial charge in [0, 0.05) is 0 Å². The topological polar surface area (TPSA) is 78.9 Å². The number of ether oxygens (including phenoxy) is 1. The number of rotatable bonds is 4. The van der Waals surface area contributed by atoms with Crippen LogP contribution in [0.2, 0.25) is 0 Å². The molecule has 0 aromatic rings. The van der Waals surface area contributed by atoms with Gasteiger partial charge in [0.15, 0.2) is 0 Å². The number of carbonyl (C=O) groups excluding carboxylic acids is 1. The van der Waals surface area contributed by atoms with Crippen LogP contribution in [0.4, 0.5) is 0 Å². The average Bonchev–Trinajstić information content (AvgIpc) is 2.54. The monoisotopic (exact) mass is 280 g/mol. The average molecular weight is 280 g/mol. The quantitative estimate of drug-likeness (QED) is 0.572. The summed E-state index contributed by atoms with van der Waals surface area (Å²) in [4.78, 5) is 11.8. The predicted octanol–water partition coefficient (Wildman–Crippen LogP) is 1.40. The van der Waals surface area contributed by atoms with Crippen LogP contribution in [0, 0.1) is 5.41 Å². The molecule has 6 nitrogen and oxygen atoms in total. The molecular formula is C11H20O6S. The van der Waals surface area contributed by atoms with Crippen LogP contribution in [0.3, 0.4) is 0 Å². The first-order chi connectivity index (χ1) is 8.17. The Hall–Kier alpha value is -0.660. The van der Waals surface area contributed by atoms with E-state index in [1.54, 1.807) is 20.8 Å². The molecule has 18 heavy (non-hydrogen) atoms. The van der Waals surface area contributed by atoms with Crippen molar-refractivity contribution in [2.75, 3.05) is 6.61 Å². The zero-order valence-corrected chi connectivity index (χ0v) is 12.0. The molecule has 0 aromatic carbocycles. The summed E-state index contributed by atoms with van der Waals surface area (Å²) in [6.45, 7) is 7.54. The smallest absolute Gasteiger partial charge is 0.401 e. The van der Waals surface area contributed by atoms with Gasteiger partial charge >= 0.3 is 16.4 Å². The van der Waals surface area contributed by atoms with Crippen molar-refractivity contribution < 1.29 is 26.3 Å². The van der Waals surface area contributed by atoms with Crippen LogP contribution in [-0.2, 0) is 28.3 Å². The fourth-order valence-electron chi connectivity index (χ4n) is 1.54. The van der Waals surface area contributed by atoms with E-state index in [4.69, 9.17) is 8.92 Å². The number of carbonyl (C=O) groups is 1. The first-order valence-corrected chi connectivity index (χ1v) is 7.29. The second-order valence-corrected chi connectivity index (χ2v) is 6.53. The highest BCUT2D eigenvalue weighted by atomic mass is 32.3. The van der Waals surface area contributed by atoms with Crippen LogP contribution in [-0.4, -0.2) is 33.2 Å². The summed E-state index contributed by atoms with van der Waals surface area (Å²) in [5, 5.41) is 0. The molecule has 0 saturated carbocycles. The van der Waals surface area contributed by atoms with E-state index in [2.05, 4.69) is 4.18 Å². The lowest BCUT2D eigenvalue weighted by molar-refractivity contribution is -0.155. The fourth-order valence-corrected chi connectivity index (χ4v) is 2.66. The summed E-state index contributed by atoms with van der Waals surface area (Å²) in [5.74, 6) is -0.690. The standard InChI is InChI=1S/C11H20O6S/c1-5-6-7-15-10(12)8-9(11(2,3)4)17-18(13,14)16-8/h8-9H,5-7H2,1-4H3/t8-,9-/m0/s1. The van der Waals surface area contributed by atoms with Crippen LogP contribution < -0.4 is 0 Å². The van der Waals surface area contributed by atoms with Crippen molar-refractivity contribution >= 4 is 16.4 Å². The largest absolute Gasteiger partial charge is 0.464 e. The highest BCUT2D eigenvalue weighted by Gasteiger charge is 2.50. The highest BCUT2D eigenvalue weighted by molar-refractivity contribution is 7.82. The third-order valence-corrected chi connectivity index (χ3v) is 3.43. The van der Waals surface area contributed by atoms with Gasteiger partial charge in [0.2, 0.25) is 6.10 Å². The molecule has 106 valence electrons. The first-order valence-electron chi connectivity index (χ1n) is 5.95. The lowest BCUT2D eigenvalue weighted by Gasteiger charge is -2.26. The van der Waals surface area contributed by atoms with Gasteiger partial charge in [-0.1, -0.05) is 34.1 Å². The van der Waals surface area contributed by atoms with E-state index in [1.807, 2.05) is 6.92 Å². The fraction of sp³-hybridized carbons (Fsp3) is 0.909. The van der Waals surface area contributed by atoms with Gasteiger partial charge in [-0.15, -0.1) is 0 Å². The Morgan fingerprint density at radius 2 is 1.89 bits per heavy atom. The van der Waals surface area contributed by atoms with Crippen LogP contribution in [0.25, 0.3) is 0 Å². The van der Waals surface area contributed by atoms with Gasteiger partial charge < -0.3 is 4.74 Å². The van der Waals surface area contributed by atoms with Crippen LogP contribution in [0.5, 0.6) is 0 Å². The van der Waals surface area contributed by atoms with Gasteiger partial charge in [0.1, 0.15) is 6.10 Å². The summed E-state index contributed by atoms with van der Waals surface area (Å²) in [7, 11) is -4.10. The molecule has 0 radical (unpaired) electrons. The second kappa shape index (κ2) is 5.54. The number of hydrogen-bond donors (Lipinski definition) is 0. The zero-order valence-electron chi connectivity index (χ0n) is 11.1. The van der Waals surface area contributed by atoms with Crippen molar-refractivity contribution in [2.45, 2.75) is 52.7 Å². The van der Waals surface area contributed by atoms with Crippen molar-refractivity contribution in [2.24, 2.45) is 5.41 Å². The van der Waals surface area contributed by atoms with E-state index in [9.17, 15) is 13.2 Å². The number of hydrogen-bond acceptors (Lipinski definition) is 6. The minimum absolute atomic E-state index is 0.256. The highest BCUT2D eigenvalue weighted by Crippen LogP contribution is 2.34. The molecular weight excluding hydrogens is 260 g/mol. The molecule has 0 unspecified atom stereocenters. The summed E-state index contributed by atoms with van der Waals surface area (Å²) in [5.41, 5.74) is -0.544. The molecule has 0 spiro atoms. The van der Waals surface area contributed by atoms with E-state index < -0.39 is 34.0 Å². The Morgan fingerprint density at radius 1 is 1.28 bits per heavy atom. The number of unbranched alkanes of at least 4 members (excludes halogenated alkanes) is 1. The van der Waals surface area contributed by atoms with Crippen molar-refractivity contribution in [3.8, 4) is 0 Å². The zero-order chi connectivity index (χ0) is 14.0. The summed E-state index contributed by atoms with van der Waals surface area (Å²) >= 11 is 0. The Bertz CT molecular complexity index is 394. The summed E-state index contributed by atoms with van der Waals surface area (Å²) in [6.07, 6.45) is -0.466. The van der Waals surface area contributed by atoms with Crippen molar-refractivity contribution in [3.63, 3.8) is 0 Å². The van der Waals surface area contributed by atoms with Crippen molar-refractivity contribution in [3.05, 3.63) is 0 Å². The molecule has 0 N–H and O–H groups in total. The molecule has 7 heteroatoms. The summed E-state index contributed by atoms with van der Waals surface area (Å²) in [6, 6.07) is 0. The molecule has 1 fully saturated rings. The van der Waals surface area contributed by atoms with Gasteiger partial charge in [-0.2, -0.15) is 8.42 Å². The van der Waals surface area contributed by atoms with Gasteiger partial charge in [0.05, 0.1) is 6.61 Å². The maximum absolute atomic E-state index is 11.8. The van der Waals surface area contributed by atoms with Gasteiger partial charge in [-0.05, 0) is 11.8 Å². The Kier molecular flexibility index (Phi) is 4.74. The Labute approximate surface area is 108 Å². The Balaban J connectivity index is 2.75. The molecule has 1 saturated heterocycles. The van der Waals surface area contributed by atoms with E-state index in [0.717, 1.165) is 12.8 Å². The van der Waals surface area contributed by atoms with Crippen LogP contribution in [0.15, 0.2) is 0 Å². The van der Waals surface area contributed by atoms with E-state index in [1.165, 1.54) is 0 Å². The number of esters is 1. The maximum atomic E-state index is 11.8.